The van der Waals surface area contributed by atoms with E-state index < -0.39 is 10.0 Å². The first-order valence-corrected chi connectivity index (χ1v) is 11.3. The van der Waals surface area contributed by atoms with Gasteiger partial charge in [-0.1, -0.05) is 6.92 Å². The number of hydrogen-bond acceptors (Lipinski definition) is 6. The molecule has 1 aliphatic rings. The van der Waals surface area contributed by atoms with Crippen molar-refractivity contribution in [2.75, 3.05) is 26.0 Å². The van der Waals surface area contributed by atoms with Gasteiger partial charge in [0.2, 0.25) is 15.9 Å². The Kier molecular flexibility index (Phi) is 6.86. The zero-order valence-electron chi connectivity index (χ0n) is 16.7. The number of nitrogens with zero attached hydrogens (tertiary/aromatic N) is 3. The van der Waals surface area contributed by atoms with Gasteiger partial charge in [0.15, 0.2) is 5.82 Å². The fourth-order valence-corrected chi connectivity index (χ4v) is 4.94. The standard InChI is InChI=1S/C19H27N5O4S/c1-3-11-29(26,27)24-10-4-5-15(13-24)19(25)20-12-17-21-18(23-22-17)14-6-8-16(28-2)9-7-14/h6-9,15H,3-5,10-13H2,1-2H3,(H,20,25)(H,21,22,23). The number of hydrogen-bond donors (Lipinski definition) is 2. The third-order valence-electron chi connectivity index (χ3n) is 4.92. The van der Waals surface area contributed by atoms with Crippen LogP contribution in [-0.2, 0) is 21.4 Å². The van der Waals surface area contributed by atoms with Gasteiger partial charge >= 0.3 is 0 Å². The molecular weight excluding hydrogens is 394 g/mol. The number of aromatic amines is 1. The summed E-state index contributed by atoms with van der Waals surface area (Å²) in [5.41, 5.74) is 0.837. The Bertz CT molecular complexity index is 926. The average molecular weight is 422 g/mol. The molecule has 1 atom stereocenters. The molecule has 9 nitrogen and oxygen atoms in total. The molecule has 10 heteroatoms. The first-order valence-electron chi connectivity index (χ1n) is 9.74. The maximum Gasteiger partial charge on any atom is 0.224 e. The smallest absolute Gasteiger partial charge is 0.224 e. The minimum Gasteiger partial charge on any atom is -0.497 e. The topological polar surface area (TPSA) is 117 Å². The van der Waals surface area contributed by atoms with Gasteiger partial charge in [0.25, 0.3) is 0 Å². The van der Waals surface area contributed by atoms with E-state index in [2.05, 4.69) is 20.5 Å². The minimum atomic E-state index is -3.28. The molecule has 1 amide bonds. The molecule has 0 aliphatic carbocycles. The second kappa shape index (κ2) is 9.36. The molecule has 29 heavy (non-hydrogen) atoms. The summed E-state index contributed by atoms with van der Waals surface area (Å²) in [5, 5.41) is 9.85. The molecular formula is C19H27N5O4S. The molecule has 0 saturated carbocycles. The number of sulfonamides is 1. The molecule has 2 heterocycles. The maximum atomic E-state index is 12.5. The number of nitrogens with one attached hydrogen (secondary N) is 2. The summed E-state index contributed by atoms with van der Waals surface area (Å²) < 4.78 is 31.1. The van der Waals surface area contributed by atoms with Crippen molar-refractivity contribution in [2.45, 2.75) is 32.7 Å². The van der Waals surface area contributed by atoms with E-state index in [1.807, 2.05) is 31.2 Å². The SMILES string of the molecule is CCCS(=O)(=O)N1CCCC(C(=O)NCc2nc(-c3ccc(OC)cc3)n[nH]2)C1. The number of ether oxygens (including phenoxy) is 1. The van der Waals surface area contributed by atoms with Crippen LogP contribution in [0.25, 0.3) is 11.4 Å². The molecule has 0 bridgehead atoms. The molecule has 1 saturated heterocycles. The van der Waals surface area contributed by atoms with Gasteiger partial charge in [0.05, 0.1) is 25.3 Å². The molecule has 1 fully saturated rings. The van der Waals surface area contributed by atoms with E-state index in [1.54, 1.807) is 7.11 Å². The largest absolute Gasteiger partial charge is 0.497 e. The average Bonchev–Trinajstić information content (AvgIpc) is 3.21. The van der Waals surface area contributed by atoms with Gasteiger partial charge in [0.1, 0.15) is 11.6 Å². The van der Waals surface area contributed by atoms with Gasteiger partial charge in [-0.15, -0.1) is 0 Å². The molecule has 2 aromatic rings. The number of rotatable bonds is 8. The lowest BCUT2D eigenvalue weighted by atomic mass is 9.99. The molecule has 158 valence electrons. The van der Waals surface area contributed by atoms with E-state index in [0.717, 1.165) is 11.3 Å². The molecule has 1 unspecified atom stereocenters. The zero-order valence-corrected chi connectivity index (χ0v) is 17.5. The van der Waals surface area contributed by atoms with Crippen molar-refractivity contribution < 1.29 is 17.9 Å². The van der Waals surface area contributed by atoms with Crippen molar-refractivity contribution in [3.8, 4) is 17.1 Å². The predicted octanol–water partition coefficient (Wildman–Crippen LogP) is 1.55. The van der Waals surface area contributed by atoms with E-state index in [1.165, 1.54) is 4.31 Å². The van der Waals surface area contributed by atoms with Crippen LogP contribution in [0, 0.1) is 5.92 Å². The number of carbonyl (C=O) groups excluding carboxylic acids is 1. The quantitative estimate of drug-likeness (QED) is 0.668. The van der Waals surface area contributed by atoms with Gasteiger partial charge in [-0.25, -0.2) is 17.7 Å². The lowest BCUT2D eigenvalue weighted by Crippen LogP contribution is -2.46. The second-order valence-electron chi connectivity index (χ2n) is 7.07. The Balaban J connectivity index is 1.56. The van der Waals surface area contributed by atoms with Crippen LogP contribution in [0.5, 0.6) is 5.75 Å². The summed E-state index contributed by atoms with van der Waals surface area (Å²) in [6, 6.07) is 7.37. The van der Waals surface area contributed by atoms with Crippen LogP contribution < -0.4 is 10.1 Å². The third-order valence-corrected chi connectivity index (χ3v) is 6.96. The van der Waals surface area contributed by atoms with E-state index in [9.17, 15) is 13.2 Å². The fraction of sp³-hybridized carbons (Fsp3) is 0.526. The highest BCUT2D eigenvalue weighted by atomic mass is 32.2. The number of piperidine rings is 1. The van der Waals surface area contributed by atoms with Crippen molar-refractivity contribution in [3.63, 3.8) is 0 Å². The fourth-order valence-electron chi connectivity index (χ4n) is 3.35. The van der Waals surface area contributed by atoms with E-state index in [-0.39, 0.29) is 30.7 Å². The third kappa shape index (κ3) is 5.33. The molecule has 0 radical (unpaired) electrons. The summed E-state index contributed by atoms with van der Waals surface area (Å²) in [5.74, 6) is 1.43. The Labute approximate surface area is 170 Å². The lowest BCUT2D eigenvalue weighted by Gasteiger charge is -2.31. The van der Waals surface area contributed by atoms with Crippen molar-refractivity contribution in [1.82, 2.24) is 24.8 Å². The first kappa shape index (κ1) is 21.3. The summed E-state index contributed by atoms with van der Waals surface area (Å²) in [4.78, 5) is 16.9. The summed E-state index contributed by atoms with van der Waals surface area (Å²) in [6.07, 6.45) is 1.93. The van der Waals surface area contributed by atoms with E-state index >= 15 is 0 Å². The van der Waals surface area contributed by atoms with Crippen LogP contribution in [0.15, 0.2) is 24.3 Å². The van der Waals surface area contributed by atoms with Crippen LogP contribution in [-0.4, -0.2) is 59.8 Å². The molecule has 2 N–H and O–H groups in total. The van der Waals surface area contributed by atoms with Gasteiger partial charge in [-0.3, -0.25) is 9.89 Å². The Morgan fingerprint density at radius 1 is 1.34 bits per heavy atom. The Morgan fingerprint density at radius 3 is 2.79 bits per heavy atom. The van der Waals surface area contributed by atoms with Gasteiger partial charge in [-0.05, 0) is 43.5 Å². The van der Waals surface area contributed by atoms with Crippen molar-refractivity contribution in [3.05, 3.63) is 30.1 Å². The van der Waals surface area contributed by atoms with Crippen molar-refractivity contribution in [2.24, 2.45) is 5.92 Å². The Hall–Kier alpha value is -2.46. The number of aromatic nitrogens is 3. The highest BCUT2D eigenvalue weighted by Crippen LogP contribution is 2.21. The van der Waals surface area contributed by atoms with Gasteiger partial charge in [-0.2, -0.15) is 5.10 Å². The van der Waals surface area contributed by atoms with Crippen molar-refractivity contribution in [1.29, 1.82) is 0 Å². The normalized spacial score (nSPS) is 17.8. The molecule has 1 aromatic carbocycles. The van der Waals surface area contributed by atoms with Crippen LogP contribution in [0.2, 0.25) is 0 Å². The highest BCUT2D eigenvalue weighted by molar-refractivity contribution is 7.89. The summed E-state index contributed by atoms with van der Waals surface area (Å²) >= 11 is 0. The second-order valence-corrected chi connectivity index (χ2v) is 9.15. The first-order chi connectivity index (χ1) is 13.9. The summed E-state index contributed by atoms with van der Waals surface area (Å²) in [7, 11) is -1.68. The van der Waals surface area contributed by atoms with E-state index in [4.69, 9.17) is 4.74 Å². The van der Waals surface area contributed by atoms with Crippen LogP contribution in [0.4, 0.5) is 0 Å². The lowest BCUT2D eigenvalue weighted by molar-refractivity contribution is -0.126. The molecule has 0 spiro atoms. The van der Waals surface area contributed by atoms with Gasteiger partial charge < -0.3 is 10.1 Å². The van der Waals surface area contributed by atoms with Crippen LogP contribution >= 0.6 is 0 Å². The van der Waals surface area contributed by atoms with Crippen LogP contribution in [0.1, 0.15) is 32.0 Å². The number of methoxy groups -OCH3 is 1. The molecule has 1 aliphatic heterocycles. The minimum absolute atomic E-state index is 0.119. The number of H-pyrrole nitrogens is 1. The van der Waals surface area contributed by atoms with Crippen molar-refractivity contribution >= 4 is 15.9 Å². The number of amides is 1. The maximum absolute atomic E-state index is 12.5. The highest BCUT2D eigenvalue weighted by Gasteiger charge is 2.31. The molecule has 3 rings (SSSR count). The summed E-state index contributed by atoms with van der Waals surface area (Å²) in [6.45, 7) is 2.77. The number of carbonyl (C=O) groups is 1. The zero-order chi connectivity index (χ0) is 20.9. The number of benzene rings is 1. The van der Waals surface area contributed by atoms with Crippen LogP contribution in [0.3, 0.4) is 0 Å². The molecule has 1 aromatic heterocycles. The monoisotopic (exact) mass is 421 g/mol. The Morgan fingerprint density at radius 2 is 2.10 bits per heavy atom. The predicted molar refractivity (Wildman–Crippen MR) is 109 cm³/mol. The van der Waals surface area contributed by atoms with Gasteiger partial charge in [0, 0.05) is 18.7 Å². The van der Waals surface area contributed by atoms with E-state index in [0.29, 0.717) is 37.5 Å².